The van der Waals surface area contributed by atoms with E-state index in [1.54, 1.807) is 0 Å². The minimum atomic E-state index is -0.452. The molecule has 5 fully saturated rings. The quantitative estimate of drug-likeness (QED) is 0.612. The molecular weight excluding hydrogens is 340 g/mol. The predicted molar refractivity (Wildman–Crippen MR) is 103 cm³/mol. The second-order valence-corrected chi connectivity index (χ2v) is 11.3. The van der Waals surface area contributed by atoms with Crippen LogP contribution >= 0.6 is 0 Å². The lowest BCUT2D eigenvalue weighted by molar-refractivity contribution is -0.358. The first kappa shape index (κ1) is 18.8. The highest BCUT2D eigenvalue weighted by molar-refractivity contribution is 5.18. The maximum atomic E-state index is 7.18. The molecule has 5 aliphatic rings. The summed E-state index contributed by atoms with van der Waals surface area (Å²) in [6.45, 7) is 14.0. The molecule has 2 aliphatic carbocycles. The van der Waals surface area contributed by atoms with Crippen LogP contribution in [0.2, 0.25) is 0 Å². The molecule has 4 heteroatoms. The van der Waals surface area contributed by atoms with E-state index < -0.39 is 5.79 Å². The largest absolute Gasteiger partial charge is 0.378 e. The van der Waals surface area contributed by atoms with Crippen LogP contribution in [0.15, 0.2) is 0 Å². The Labute approximate surface area is 164 Å². The molecule has 27 heavy (non-hydrogen) atoms. The molecule has 0 radical (unpaired) electrons. The fraction of sp³-hybridized carbons (Fsp3) is 1.00. The number of hydrogen-bond acceptors (Lipinski definition) is 4. The van der Waals surface area contributed by atoms with Crippen LogP contribution in [0, 0.1) is 22.7 Å². The van der Waals surface area contributed by atoms with Gasteiger partial charge in [-0.05, 0) is 64.2 Å². The molecule has 154 valence electrons. The Bertz CT molecular complexity index is 611. The van der Waals surface area contributed by atoms with Crippen molar-refractivity contribution in [1.82, 2.24) is 0 Å². The van der Waals surface area contributed by atoms with Crippen molar-refractivity contribution in [2.24, 2.45) is 22.7 Å². The van der Waals surface area contributed by atoms with Gasteiger partial charge in [0.2, 0.25) is 0 Å². The smallest absolute Gasteiger partial charge is 0.163 e. The molecule has 0 amide bonds. The molecule has 3 saturated heterocycles. The second-order valence-electron chi connectivity index (χ2n) is 11.3. The number of hydrogen-bond donors (Lipinski definition) is 0. The van der Waals surface area contributed by atoms with Crippen molar-refractivity contribution in [3.63, 3.8) is 0 Å². The monoisotopic (exact) mass is 378 g/mol. The van der Waals surface area contributed by atoms with Gasteiger partial charge in [0.15, 0.2) is 5.79 Å². The molecular formula is C23H38O4. The summed E-state index contributed by atoms with van der Waals surface area (Å²) in [5.41, 5.74) is 0.250. The minimum absolute atomic E-state index is 0.00936. The van der Waals surface area contributed by atoms with Gasteiger partial charge in [-0.25, -0.2) is 0 Å². The molecule has 2 spiro atoms. The maximum absolute atomic E-state index is 7.18. The Morgan fingerprint density at radius 1 is 0.852 bits per heavy atom. The Morgan fingerprint density at radius 2 is 1.67 bits per heavy atom. The molecule has 2 saturated carbocycles. The van der Waals surface area contributed by atoms with E-state index in [1.807, 2.05) is 0 Å². The van der Waals surface area contributed by atoms with E-state index in [4.69, 9.17) is 18.9 Å². The average Bonchev–Trinajstić information content (AvgIpc) is 3.23. The summed E-state index contributed by atoms with van der Waals surface area (Å²) in [6.07, 6.45) is 8.58. The van der Waals surface area contributed by atoms with Gasteiger partial charge in [0, 0.05) is 23.9 Å². The molecule has 7 atom stereocenters. The molecule has 0 bridgehead atoms. The SMILES string of the molecule is C[C@H]1CC[C@@H]2[C@]3(C)COC(C)(C)O[C@H]3CC[C@]2(C)[C@]12CC[C@@]1(CCOC1)O2. The van der Waals surface area contributed by atoms with Crippen molar-refractivity contribution >= 4 is 0 Å². The standard InChI is InChI=1S/C23H38O4/c1-16-6-7-17-20(4)14-25-19(2,3)26-18(20)8-9-21(17,5)23(16)11-10-22(27-23)12-13-24-15-22/h16-18H,6-15H2,1-5H3/t16-,17+,18-,20-,21-,22-,23-/m0/s1. The number of ether oxygens (including phenoxy) is 4. The highest BCUT2D eigenvalue weighted by Gasteiger charge is 2.70. The van der Waals surface area contributed by atoms with Gasteiger partial charge < -0.3 is 18.9 Å². The summed E-state index contributed by atoms with van der Waals surface area (Å²) in [6, 6.07) is 0. The Morgan fingerprint density at radius 3 is 2.41 bits per heavy atom. The lowest BCUT2D eigenvalue weighted by Gasteiger charge is -2.67. The summed E-state index contributed by atoms with van der Waals surface area (Å²) < 4.78 is 25.6. The zero-order chi connectivity index (χ0) is 19.1. The predicted octanol–water partition coefficient (Wildman–Crippen LogP) is 4.70. The molecule has 0 N–H and O–H groups in total. The van der Waals surface area contributed by atoms with Crippen LogP contribution in [0.5, 0.6) is 0 Å². The van der Waals surface area contributed by atoms with Gasteiger partial charge in [-0.2, -0.15) is 0 Å². The van der Waals surface area contributed by atoms with Crippen LogP contribution in [0.25, 0.3) is 0 Å². The molecule has 0 aromatic carbocycles. The van der Waals surface area contributed by atoms with Crippen molar-refractivity contribution in [3.8, 4) is 0 Å². The van der Waals surface area contributed by atoms with Gasteiger partial charge in [0.05, 0.1) is 30.5 Å². The van der Waals surface area contributed by atoms with E-state index in [2.05, 4.69) is 34.6 Å². The fourth-order valence-corrected chi connectivity index (χ4v) is 7.86. The molecule has 3 heterocycles. The van der Waals surface area contributed by atoms with E-state index in [9.17, 15) is 0 Å². The molecule has 4 nitrogen and oxygen atoms in total. The highest BCUT2D eigenvalue weighted by Crippen LogP contribution is 2.69. The summed E-state index contributed by atoms with van der Waals surface area (Å²) >= 11 is 0. The Balaban J connectivity index is 1.51. The second kappa shape index (κ2) is 5.71. The first-order valence-electron chi connectivity index (χ1n) is 11.2. The van der Waals surface area contributed by atoms with Gasteiger partial charge >= 0.3 is 0 Å². The van der Waals surface area contributed by atoms with Crippen molar-refractivity contribution in [1.29, 1.82) is 0 Å². The van der Waals surface area contributed by atoms with Gasteiger partial charge in [-0.15, -0.1) is 0 Å². The van der Waals surface area contributed by atoms with Gasteiger partial charge in [-0.1, -0.05) is 20.8 Å². The lowest BCUT2D eigenvalue weighted by Crippen LogP contribution is -2.68. The van der Waals surface area contributed by atoms with Crippen LogP contribution < -0.4 is 0 Å². The highest BCUT2D eigenvalue weighted by atomic mass is 16.7. The minimum Gasteiger partial charge on any atom is -0.378 e. The van der Waals surface area contributed by atoms with E-state index in [0.29, 0.717) is 17.9 Å². The van der Waals surface area contributed by atoms with Crippen molar-refractivity contribution in [2.75, 3.05) is 19.8 Å². The van der Waals surface area contributed by atoms with E-state index >= 15 is 0 Å². The lowest BCUT2D eigenvalue weighted by atomic mass is 9.43. The van der Waals surface area contributed by atoms with E-state index in [0.717, 1.165) is 32.7 Å². The average molecular weight is 379 g/mol. The zero-order valence-electron chi connectivity index (χ0n) is 17.9. The maximum Gasteiger partial charge on any atom is 0.163 e. The molecule has 5 rings (SSSR count). The van der Waals surface area contributed by atoms with Crippen LogP contribution in [-0.2, 0) is 18.9 Å². The first-order valence-corrected chi connectivity index (χ1v) is 11.2. The van der Waals surface area contributed by atoms with Gasteiger partial charge in [-0.3, -0.25) is 0 Å². The van der Waals surface area contributed by atoms with Gasteiger partial charge in [0.1, 0.15) is 0 Å². The molecule has 0 aromatic heterocycles. The summed E-state index contributed by atoms with van der Waals surface area (Å²) in [5.74, 6) is 0.751. The fourth-order valence-electron chi connectivity index (χ4n) is 7.86. The van der Waals surface area contributed by atoms with Crippen LogP contribution in [0.1, 0.15) is 79.6 Å². The van der Waals surface area contributed by atoms with Gasteiger partial charge in [0.25, 0.3) is 0 Å². The van der Waals surface area contributed by atoms with E-state index in [-0.39, 0.29) is 22.0 Å². The third-order valence-corrected chi connectivity index (χ3v) is 9.45. The van der Waals surface area contributed by atoms with Crippen LogP contribution in [0.4, 0.5) is 0 Å². The summed E-state index contributed by atoms with van der Waals surface area (Å²) in [5, 5.41) is 0. The first-order chi connectivity index (χ1) is 12.7. The molecule has 3 aliphatic heterocycles. The molecule has 0 unspecified atom stereocenters. The molecule has 0 aromatic rings. The van der Waals surface area contributed by atoms with Crippen LogP contribution in [0.3, 0.4) is 0 Å². The topological polar surface area (TPSA) is 36.9 Å². The van der Waals surface area contributed by atoms with Crippen LogP contribution in [-0.4, -0.2) is 42.9 Å². The summed E-state index contributed by atoms with van der Waals surface area (Å²) in [7, 11) is 0. The number of rotatable bonds is 0. The number of fused-ring (bicyclic) bond motifs is 4. The van der Waals surface area contributed by atoms with E-state index in [1.165, 1.54) is 32.1 Å². The normalized spacial score (nSPS) is 57.0. The third kappa shape index (κ3) is 2.42. The van der Waals surface area contributed by atoms with Crippen molar-refractivity contribution < 1.29 is 18.9 Å². The Hall–Kier alpha value is -0.160. The van der Waals surface area contributed by atoms with Crippen molar-refractivity contribution in [3.05, 3.63) is 0 Å². The summed E-state index contributed by atoms with van der Waals surface area (Å²) in [4.78, 5) is 0. The third-order valence-electron chi connectivity index (χ3n) is 9.45. The zero-order valence-corrected chi connectivity index (χ0v) is 17.9. The Kier molecular flexibility index (Phi) is 3.99. The van der Waals surface area contributed by atoms with Crippen molar-refractivity contribution in [2.45, 2.75) is 103 Å².